The molecule has 1 aliphatic rings. The lowest BCUT2D eigenvalue weighted by atomic mass is 10.1. The summed E-state index contributed by atoms with van der Waals surface area (Å²) < 4.78 is 43.6. The summed E-state index contributed by atoms with van der Waals surface area (Å²) in [6, 6.07) is 9.29. The van der Waals surface area contributed by atoms with Gasteiger partial charge in [0.1, 0.15) is 17.1 Å². The summed E-state index contributed by atoms with van der Waals surface area (Å²) in [6.07, 6.45) is -4.46. The topological polar surface area (TPSA) is 124 Å². The Morgan fingerprint density at radius 2 is 1.97 bits per heavy atom. The molecular weight excluding hydrogens is 473 g/mol. The molecule has 2 heterocycles. The second-order valence-electron chi connectivity index (χ2n) is 7.18. The van der Waals surface area contributed by atoms with E-state index in [1.807, 2.05) is 0 Å². The van der Waals surface area contributed by atoms with Crippen LogP contribution in [-0.2, 0) is 11.0 Å². The number of thiocarbonyl (C=S) groups is 1. The van der Waals surface area contributed by atoms with Crippen LogP contribution in [0.25, 0.3) is 11.3 Å². The number of ether oxygens (including phenoxy) is 1. The van der Waals surface area contributed by atoms with Crippen LogP contribution >= 0.6 is 12.2 Å². The largest absolute Gasteiger partial charge is 0.504 e. The third kappa shape index (κ3) is 4.93. The minimum Gasteiger partial charge on any atom is -0.504 e. The zero-order chi connectivity index (χ0) is 24.5. The summed E-state index contributed by atoms with van der Waals surface area (Å²) in [7, 11) is 0. The molecular formula is C21H17F3N6O3S. The van der Waals surface area contributed by atoms with E-state index in [-0.39, 0.29) is 34.8 Å². The summed E-state index contributed by atoms with van der Waals surface area (Å²) in [6.45, 7) is 1.50. The molecule has 0 saturated carbocycles. The van der Waals surface area contributed by atoms with Gasteiger partial charge in [-0.05, 0) is 43.4 Å². The normalized spacial score (nSPS) is 13.5. The van der Waals surface area contributed by atoms with Crippen molar-refractivity contribution in [3.05, 3.63) is 53.7 Å². The Morgan fingerprint density at radius 3 is 2.68 bits per heavy atom. The fourth-order valence-corrected chi connectivity index (χ4v) is 3.27. The molecule has 0 saturated heterocycles. The lowest BCUT2D eigenvalue weighted by Crippen LogP contribution is -2.26. The number of nitrogens with one attached hydrogen (secondary N) is 4. The highest BCUT2D eigenvalue weighted by Gasteiger charge is 2.30. The van der Waals surface area contributed by atoms with Crippen molar-refractivity contribution in [3.63, 3.8) is 0 Å². The number of nitrogens with zero attached hydrogens (tertiary/aromatic N) is 2. The molecule has 0 unspecified atom stereocenters. The minimum atomic E-state index is -4.46. The number of rotatable bonds is 4. The van der Waals surface area contributed by atoms with Crippen molar-refractivity contribution in [3.8, 4) is 22.8 Å². The molecule has 2 aromatic carbocycles. The number of H-pyrrole nitrogens is 1. The number of hydrogen-bond donors (Lipinski definition) is 5. The summed E-state index contributed by atoms with van der Waals surface area (Å²) in [5.74, 6) is -0.0143. The van der Waals surface area contributed by atoms with Crippen LogP contribution in [0.1, 0.15) is 18.2 Å². The maximum atomic E-state index is 12.8. The van der Waals surface area contributed by atoms with E-state index in [9.17, 15) is 23.1 Å². The molecule has 5 N–H and O–H groups in total. The van der Waals surface area contributed by atoms with Crippen LogP contribution in [0.3, 0.4) is 0 Å². The van der Waals surface area contributed by atoms with Gasteiger partial charge in [0.2, 0.25) is 0 Å². The van der Waals surface area contributed by atoms with Gasteiger partial charge in [0.15, 0.2) is 17.5 Å². The van der Waals surface area contributed by atoms with Crippen molar-refractivity contribution in [1.29, 1.82) is 0 Å². The first-order chi connectivity index (χ1) is 16.1. The molecule has 1 aromatic heterocycles. The van der Waals surface area contributed by atoms with Crippen LogP contribution in [0.4, 0.5) is 24.5 Å². The third-order valence-electron chi connectivity index (χ3n) is 4.79. The van der Waals surface area contributed by atoms with Gasteiger partial charge in [-0.1, -0.05) is 12.1 Å². The first kappa shape index (κ1) is 23.0. The molecule has 0 atom stereocenters. The van der Waals surface area contributed by atoms with E-state index in [2.05, 4.69) is 31.4 Å². The first-order valence-corrected chi connectivity index (χ1v) is 10.2. The van der Waals surface area contributed by atoms with Crippen LogP contribution in [0.5, 0.6) is 11.5 Å². The molecule has 34 heavy (non-hydrogen) atoms. The third-order valence-corrected chi connectivity index (χ3v) is 4.98. The fourth-order valence-electron chi connectivity index (χ4n) is 3.11. The molecule has 176 valence electrons. The number of fused-ring (bicyclic) bond motifs is 1. The number of carbonyl (C=O) groups is 1. The Labute approximate surface area is 196 Å². The van der Waals surface area contributed by atoms with Crippen molar-refractivity contribution < 1.29 is 27.8 Å². The van der Waals surface area contributed by atoms with Crippen LogP contribution in [0, 0.1) is 0 Å². The van der Waals surface area contributed by atoms with Crippen molar-refractivity contribution in [2.45, 2.75) is 13.1 Å². The molecule has 0 spiro atoms. The summed E-state index contributed by atoms with van der Waals surface area (Å²) in [5, 5.41) is 26.9. The average Bonchev–Trinajstić information content (AvgIpc) is 3.18. The molecule has 0 radical (unpaired) electrons. The molecule has 0 bridgehead atoms. The van der Waals surface area contributed by atoms with Crippen molar-refractivity contribution >= 4 is 40.3 Å². The number of amides is 1. The Morgan fingerprint density at radius 1 is 1.24 bits per heavy atom. The molecule has 13 heteroatoms. The average molecular weight is 490 g/mol. The molecule has 1 aliphatic heterocycles. The van der Waals surface area contributed by atoms with Gasteiger partial charge in [0.05, 0.1) is 17.0 Å². The number of hydrazone groups is 1. The number of hydrogen-bond acceptors (Lipinski definition) is 6. The second-order valence-corrected chi connectivity index (χ2v) is 7.59. The Kier molecular flexibility index (Phi) is 6.11. The van der Waals surface area contributed by atoms with Gasteiger partial charge >= 0.3 is 6.18 Å². The van der Waals surface area contributed by atoms with E-state index in [0.717, 1.165) is 12.1 Å². The second kappa shape index (κ2) is 9.02. The van der Waals surface area contributed by atoms with Gasteiger partial charge in [-0.25, -0.2) is 0 Å². The highest BCUT2D eigenvalue weighted by Crippen LogP contribution is 2.34. The SMILES string of the molecule is C/C(=N/NC(=S)Nc1ccc2c(c1)OCC(=O)N2)c1[nH]nc(-c2ccc(C(F)(F)F)cc2)c1O. The number of aromatic nitrogens is 2. The molecule has 1 amide bonds. The standard InChI is InChI=1S/C21H17F3N6O3S/c1-10(17-19(32)18(29-28-17)11-2-4-12(5-3-11)21(22,23)24)27-30-20(34)25-13-6-7-14-15(8-13)33-9-16(31)26-14/h2-8,32H,9H2,1H3,(H,26,31)(H,28,29)(H2,25,30,34)/b27-10-. The van der Waals surface area contributed by atoms with E-state index < -0.39 is 11.7 Å². The monoisotopic (exact) mass is 490 g/mol. The molecule has 3 aromatic rings. The lowest BCUT2D eigenvalue weighted by molar-refractivity contribution is -0.137. The van der Waals surface area contributed by atoms with Crippen LogP contribution in [0.2, 0.25) is 0 Å². The maximum absolute atomic E-state index is 12.8. The van der Waals surface area contributed by atoms with E-state index in [1.165, 1.54) is 12.1 Å². The zero-order valence-electron chi connectivity index (χ0n) is 17.4. The predicted octanol–water partition coefficient (Wildman–Crippen LogP) is 3.84. The number of carbonyl (C=O) groups excluding carboxylic acids is 1. The number of aromatic hydroxyl groups is 1. The first-order valence-electron chi connectivity index (χ1n) is 9.75. The van der Waals surface area contributed by atoms with E-state index >= 15 is 0 Å². The fraction of sp³-hybridized carbons (Fsp3) is 0.143. The Hall–Kier alpha value is -4.13. The highest BCUT2D eigenvalue weighted by molar-refractivity contribution is 7.80. The lowest BCUT2D eigenvalue weighted by Gasteiger charge is -2.18. The molecule has 9 nitrogen and oxygen atoms in total. The van der Waals surface area contributed by atoms with Gasteiger partial charge in [-0.3, -0.25) is 15.3 Å². The van der Waals surface area contributed by atoms with Gasteiger partial charge in [0, 0.05) is 17.3 Å². The number of alkyl halides is 3. The number of aromatic amines is 1. The molecule has 0 fully saturated rings. The number of anilines is 2. The van der Waals surface area contributed by atoms with Crippen molar-refractivity contribution in [2.75, 3.05) is 17.2 Å². The quantitative estimate of drug-likeness (QED) is 0.214. The summed E-state index contributed by atoms with van der Waals surface area (Å²) in [5.41, 5.74) is 3.82. The van der Waals surface area contributed by atoms with E-state index in [1.54, 1.807) is 25.1 Å². The Balaban J connectivity index is 1.42. The van der Waals surface area contributed by atoms with Gasteiger partial charge in [0.25, 0.3) is 5.91 Å². The Bertz CT molecular complexity index is 1290. The molecule has 0 aliphatic carbocycles. The maximum Gasteiger partial charge on any atom is 0.416 e. The van der Waals surface area contributed by atoms with Gasteiger partial charge in [-0.2, -0.15) is 23.4 Å². The zero-order valence-corrected chi connectivity index (χ0v) is 18.3. The summed E-state index contributed by atoms with van der Waals surface area (Å²) >= 11 is 5.21. The van der Waals surface area contributed by atoms with Crippen molar-refractivity contribution in [1.82, 2.24) is 15.6 Å². The van der Waals surface area contributed by atoms with Crippen molar-refractivity contribution in [2.24, 2.45) is 5.10 Å². The van der Waals surface area contributed by atoms with Crippen LogP contribution in [-0.4, -0.2) is 38.6 Å². The predicted molar refractivity (Wildman–Crippen MR) is 123 cm³/mol. The van der Waals surface area contributed by atoms with Gasteiger partial charge < -0.3 is 20.5 Å². The van der Waals surface area contributed by atoms with Crippen LogP contribution < -0.4 is 20.8 Å². The summed E-state index contributed by atoms with van der Waals surface area (Å²) in [4.78, 5) is 11.3. The number of benzene rings is 2. The highest BCUT2D eigenvalue weighted by atomic mass is 32.1. The molecule has 4 rings (SSSR count). The minimum absolute atomic E-state index is 0.0786. The van der Waals surface area contributed by atoms with Gasteiger partial charge in [-0.15, -0.1) is 0 Å². The number of halogens is 3. The van der Waals surface area contributed by atoms with E-state index in [0.29, 0.717) is 28.4 Å². The smallest absolute Gasteiger partial charge is 0.416 e. The van der Waals surface area contributed by atoms with E-state index in [4.69, 9.17) is 17.0 Å². The van der Waals surface area contributed by atoms with Crippen LogP contribution in [0.15, 0.2) is 47.6 Å².